The third kappa shape index (κ3) is 4.24. The van der Waals surface area contributed by atoms with E-state index in [1.54, 1.807) is 12.3 Å². The van der Waals surface area contributed by atoms with Gasteiger partial charge < -0.3 is 9.47 Å². The van der Waals surface area contributed by atoms with Crippen molar-refractivity contribution in [2.24, 2.45) is 0 Å². The van der Waals surface area contributed by atoms with Gasteiger partial charge in [0.25, 0.3) is 0 Å². The summed E-state index contributed by atoms with van der Waals surface area (Å²) in [5.74, 6) is 1.96. The fourth-order valence-electron chi connectivity index (χ4n) is 2.09. The smallest absolute Gasteiger partial charge is 0.219 e. The number of ether oxygens (including phenoxy) is 2. The highest BCUT2D eigenvalue weighted by Crippen LogP contribution is 2.23. The monoisotopic (exact) mass is 325 g/mol. The highest BCUT2D eigenvalue weighted by atomic mass is 35.5. The molecule has 0 aliphatic heterocycles. The molecule has 1 aromatic heterocycles. The van der Waals surface area contributed by atoms with Gasteiger partial charge in [0.1, 0.15) is 18.1 Å². The van der Waals surface area contributed by atoms with E-state index in [0.717, 1.165) is 16.9 Å². The van der Waals surface area contributed by atoms with Crippen molar-refractivity contribution >= 4 is 11.6 Å². The fourth-order valence-corrected chi connectivity index (χ4v) is 2.28. The standard InChI is InChI=1S/C19H16ClNO2/c1-14-5-4-7-16(11-14)23-19-10-9-17(12-21-19)22-13-15-6-2-3-8-18(15)20/h2-12H,13H2,1H3. The molecule has 0 spiro atoms. The summed E-state index contributed by atoms with van der Waals surface area (Å²) >= 11 is 6.10. The Morgan fingerprint density at radius 1 is 0.957 bits per heavy atom. The number of rotatable bonds is 5. The minimum atomic E-state index is 0.402. The van der Waals surface area contributed by atoms with Gasteiger partial charge in [0, 0.05) is 16.7 Å². The van der Waals surface area contributed by atoms with E-state index >= 15 is 0 Å². The highest BCUT2D eigenvalue weighted by molar-refractivity contribution is 6.31. The molecule has 2 aromatic carbocycles. The van der Waals surface area contributed by atoms with Gasteiger partial charge in [0.05, 0.1) is 6.20 Å². The summed E-state index contributed by atoms with van der Waals surface area (Å²) in [6.45, 7) is 2.42. The van der Waals surface area contributed by atoms with Crippen LogP contribution in [0.15, 0.2) is 66.9 Å². The Labute approximate surface area is 140 Å². The van der Waals surface area contributed by atoms with Crippen LogP contribution in [-0.2, 0) is 6.61 Å². The molecule has 0 aliphatic carbocycles. The SMILES string of the molecule is Cc1cccc(Oc2ccc(OCc3ccccc3Cl)cn2)c1. The van der Waals surface area contributed by atoms with E-state index in [0.29, 0.717) is 23.3 Å². The van der Waals surface area contributed by atoms with Gasteiger partial charge in [-0.05, 0) is 36.8 Å². The van der Waals surface area contributed by atoms with Crippen LogP contribution >= 0.6 is 11.6 Å². The maximum absolute atomic E-state index is 6.10. The third-order valence-corrected chi connectivity index (χ3v) is 3.64. The largest absolute Gasteiger partial charge is 0.487 e. The van der Waals surface area contributed by atoms with Gasteiger partial charge in [-0.3, -0.25) is 0 Å². The average molecular weight is 326 g/mol. The summed E-state index contributed by atoms with van der Waals surface area (Å²) in [6.07, 6.45) is 1.64. The van der Waals surface area contributed by atoms with Crippen LogP contribution in [-0.4, -0.2) is 4.98 Å². The van der Waals surface area contributed by atoms with Crippen molar-refractivity contribution in [1.29, 1.82) is 0 Å². The summed E-state index contributed by atoms with van der Waals surface area (Å²) in [5, 5.41) is 0.694. The Kier molecular flexibility index (Phi) is 4.79. The molecule has 4 heteroatoms. The van der Waals surface area contributed by atoms with Gasteiger partial charge >= 0.3 is 0 Å². The number of hydrogen-bond donors (Lipinski definition) is 0. The summed E-state index contributed by atoms with van der Waals surface area (Å²) in [4.78, 5) is 4.26. The van der Waals surface area contributed by atoms with Crippen LogP contribution < -0.4 is 9.47 Å². The summed E-state index contributed by atoms with van der Waals surface area (Å²) in [5.41, 5.74) is 2.08. The topological polar surface area (TPSA) is 31.4 Å². The lowest BCUT2D eigenvalue weighted by atomic mass is 10.2. The van der Waals surface area contributed by atoms with Gasteiger partial charge in [0.15, 0.2) is 0 Å². The molecule has 116 valence electrons. The van der Waals surface area contributed by atoms with E-state index in [-0.39, 0.29) is 0 Å². The van der Waals surface area contributed by atoms with E-state index < -0.39 is 0 Å². The average Bonchev–Trinajstić information content (AvgIpc) is 2.56. The molecular weight excluding hydrogens is 310 g/mol. The van der Waals surface area contributed by atoms with Crippen LogP contribution in [0.25, 0.3) is 0 Å². The van der Waals surface area contributed by atoms with Crippen molar-refractivity contribution in [1.82, 2.24) is 4.98 Å². The molecule has 0 N–H and O–H groups in total. The normalized spacial score (nSPS) is 10.3. The molecule has 0 saturated carbocycles. The molecule has 0 amide bonds. The first-order chi connectivity index (χ1) is 11.2. The minimum Gasteiger partial charge on any atom is -0.487 e. The Hall–Kier alpha value is -2.52. The van der Waals surface area contributed by atoms with E-state index in [2.05, 4.69) is 4.98 Å². The first kappa shape index (κ1) is 15.4. The van der Waals surface area contributed by atoms with Crippen LogP contribution in [0, 0.1) is 6.92 Å². The molecule has 0 unspecified atom stereocenters. The lowest BCUT2D eigenvalue weighted by Crippen LogP contribution is -1.97. The zero-order valence-corrected chi connectivity index (χ0v) is 13.5. The lowest BCUT2D eigenvalue weighted by Gasteiger charge is -2.09. The van der Waals surface area contributed by atoms with Crippen LogP contribution in [0.1, 0.15) is 11.1 Å². The molecule has 3 nitrogen and oxygen atoms in total. The van der Waals surface area contributed by atoms with Crippen LogP contribution in [0.4, 0.5) is 0 Å². The second-order valence-corrected chi connectivity index (χ2v) is 5.54. The van der Waals surface area contributed by atoms with E-state index in [9.17, 15) is 0 Å². The van der Waals surface area contributed by atoms with E-state index in [1.807, 2.05) is 61.5 Å². The maximum Gasteiger partial charge on any atom is 0.219 e. The number of benzene rings is 2. The van der Waals surface area contributed by atoms with Crippen molar-refractivity contribution in [2.45, 2.75) is 13.5 Å². The van der Waals surface area contributed by atoms with Gasteiger partial charge in [0.2, 0.25) is 5.88 Å². The minimum absolute atomic E-state index is 0.402. The van der Waals surface area contributed by atoms with Crippen molar-refractivity contribution in [3.05, 3.63) is 83.0 Å². The molecular formula is C19H16ClNO2. The first-order valence-electron chi connectivity index (χ1n) is 7.27. The second kappa shape index (κ2) is 7.16. The first-order valence-corrected chi connectivity index (χ1v) is 7.65. The number of nitrogens with zero attached hydrogens (tertiary/aromatic N) is 1. The Bertz CT molecular complexity index is 787. The predicted molar refractivity (Wildman–Crippen MR) is 91.3 cm³/mol. The van der Waals surface area contributed by atoms with Crippen LogP contribution in [0.2, 0.25) is 5.02 Å². The third-order valence-electron chi connectivity index (χ3n) is 3.27. The lowest BCUT2D eigenvalue weighted by molar-refractivity contribution is 0.304. The van der Waals surface area contributed by atoms with E-state index in [4.69, 9.17) is 21.1 Å². The van der Waals surface area contributed by atoms with Gasteiger partial charge in [-0.25, -0.2) is 4.98 Å². The van der Waals surface area contributed by atoms with Crippen LogP contribution in [0.3, 0.4) is 0 Å². The Morgan fingerprint density at radius 2 is 1.83 bits per heavy atom. The predicted octanol–water partition coefficient (Wildman–Crippen LogP) is 5.41. The summed E-state index contributed by atoms with van der Waals surface area (Å²) in [7, 11) is 0. The Morgan fingerprint density at radius 3 is 2.57 bits per heavy atom. The molecule has 0 saturated heterocycles. The fraction of sp³-hybridized carbons (Fsp3) is 0.105. The highest BCUT2D eigenvalue weighted by Gasteiger charge is 2.03. The number of aromatic nitrogens is 1. The molecule has 0 aliphatic rings. The van der Waals surface area contributed by atoms with Crippen molar-refractivity contribution in [2.75, 3.05) is 0 Å². The zero-order chi connectivity index (χ0) is 16.1. The molecule has 3 rings (SSSR count). The number of hydrogen-bond acceptors (Lipinski definition) is 3. The maximum atomic E-state index is 6.10. The number of aryl methyl sites for hydroxylation is 1. The van der Waals surface area contributed by atoms with Crippen molar-refractivity contribution < 1.29 is 9.47 Å². The number of halogens is 1. The number of pyridine rings is 1. The Balaban J connectivity index is 1.62. The quantitative estimate of drug-likeness (QED) is 0.628. The molecule has 0 radical (unpaired) electrons. The molecule has 0 bridgehead atoms. The van der Waals surface area contributed by atoms with Crippen LogP contribution in [0.5, 0.6) is 17.4 Å². The molecule has 3 aromatic rings. The van der Waals surface area contributed by atoms with Crippen molar-refractivity contribution in [3.63, 3.8) is 0 Å². The van der Waals surface area contributed by atoms with Gasteiger partial charge in [-0.15, -0.1) is 0 Å². The summed E-state index contributed by atoms with van der Waals surface area (Å²) in [6, 6.07) is 19.0. The second-order valence-electron chi connectivity index (χ2n) is 5.13. The zero-order valence-electron chi connectivity index (χ0n) is 12.7. The van der Waals surface area contributed by atoms with Gasteiger partial charge in [-0.2, -0.15) is 0 Å². The molecule has 0 fully saturated rings. The summed E-state index contributed by atoms with van der Waals surface area (Å²) < 4.78 is 11.4. The molecule has 0 atom stereocenters. The molecule has 1 heterocycles. The van der Waals surface area contributed by atoms with E-state index in [1.165, 1.54) is 0 Å². The van der Waals surface area contributed by atoms with Crippen molar-refractivity contribution in [3.8, 4) is 17.4 Å². The van der Waals surface area contributed by atoms with Gasteiger partial charge in [-0.1, -0.05) is 41.9 Å². The molecule has 23 heavy (non-hydrogen) atoms.